The fourth-order valence-corrected chi connectivity index (χ4v) is 5.41. The molecule has 0 aliphatic carbocycles. The van der Waals surface area contributed by atoms with Crippen LogP contribution >= 0.6 is 0 Å². The largest absolute Gasteiger partial charge is 0.352 e. The van der Waals surface area contributed by atoms with E-state index in [0.717, 1.165) is 11.1 Å². The van der Waals surface area contributed by atoms with Crippen molar-refractivity contribution in [3.8, 4) is 0 Å². The van der Waals surface area contributed by atoms with Gasteiger partial charge in [0.05, 0.1) is 4.90 Å². The van der Waals surface area contributed by atoms with E-state index in [4.69, 9.17) is 0 Å². The molecule has 1 aliphatic heterocycles. The van der Waals surface area contributed by atoms with Crippen LogP contribution < -0.4 is 5.32 Å². The number of benzene rings is 3. The number of carbonyl (C=O) groups is 1. The average Bonchev–Trinajstić information content (AvgIpc) is 2.86. The third kappa shape index (κ3) is 6.08. The van der Waals surface area contributed by atoms with Gasteiger partial charge in [-0.15, -0.1) is 0 Å². The van der Waals surface area contributed by atoms with Crippen LogP contribution in [0, 0.1) is 5.82 Å². The zero-order valence-electron chi connectivity index (χ0n) is 18.9. The first kappa shape index (κ1) is 24.1. The van der Waals surface area contributed by atoms with Gasteiger partial charge in [-0.3, -0.25) is 9.69 Å². The first-order valence-corrected chi connectivity index (χ1v) is 12.7. The number of halogens is 1. The molecule has 178 valence electrons. The minimum Gasteiger partial charge on any atom is -0.352 e. The molecule has 6 nitrogen and oxygen atoms in total. The van der Waals surface area contributed by atoms with Gasteiger partial charge in [0.2, 0.25) is 10.0 Å². The van der Waals surface area contributed by atoms with Gasteiger partial charge in [-0.2, -0.15) is 4.31 Å². The van der Waals surface area contributed by atoms with Crippen molar-refractivity contribution < 1.29 is 17.6 Å². The monoisotopic (exact) mass is 481 g/mol. The molecule has 1 heterocycles. The lowest BCUT2D eigenvalue weighted by molar-refractivity contribution is 0.0954. The van der Waals surface area contributed by atoms with Crippen LogP contribution in [0.25, 0.3) is 0 Å². The van der Waals surface area contributed by atoms with Gasteiger partial charge in [0, 0.05) is 44.8 Å². The fraction of sp³-hybridized carbons (Fsp3) is 0.269. The van der Waals surface area contributed by atoms with Crippen LogP contribution in [0.15, 0.2) is 83.8 Å². The number of rotatable bonds is 8. The Morgan fingerprint density at radius 3 is 2.09 bits per heavy atom. The lowest BCUT2D eigenvalue weighted by Gasteiger charge is -2.34. The summed E-state index contributed by atoms with van der Waals surface area (Å²) in [6, 6.07) is 22.3. The van der Waals surface area contributed by atoms with Crippen molar-refractivity contribution in [1.82, 2.24) is 14.5 Å². The Morgan fingerprint density at radius 1 is 0.824 bits per heavy atom. The van der Waals surface area contributed by atoms with Crippen LogP contribution in [0.4, 0.5) is 4.39 Å². The highest BCUT2D eigenvalue weighted by Crippen LogP contribution is 2.18. The number of amides is 1. The third-order valence-corrected chi connectivity index (χ3v) is 7.86. The number of carbonyl (C=O) groups excluding carboxylic acids is 1. The summed E-state index contributed by atoms with van der Waals surface area (Å²) in [5.74, 6) is -0.416. The number of sulfonamides is 1. The van der Waals surface area contributed by atoms with Crippen LogP contribution in [0.2, 0.25) is 0 Å². The molecule has 4 rings (SSSR count). The van der Waals surface area contributed by atoms with Gasteiger partial charge in [-0.05, 0) is 53.9 Å². The molecule has 8 heteroatoms. The normalized spacial score (nSPS) is 15.2. The van der Waals surface area contributed by atoms with E-state index >= 15 is 0 Å². The summed E-state index contributed by atoms with van der Waals surface area (Å²) in [5.41, 5.74) is 2.62. The Morgan fingerprint density at radius 2 is 1.44 bits per heavy atom. The molecule has 1 N–H and O–H groups in total. The average molecular weight is 482 g/mol. The minimum atomic E-state index is -3.46. The van der Waals surface area contributed by atoms with Crippen molar-refractivity contribution in [3.63, 3.8) is 0 Å². The highest BCUT2D eigenvalue weighted by molar-refractivity contribution is 7.89. The van der Waals surface area contributed by atoms with Crippen molar-refractivity contribution in [2.45, 2.75) is 17.9 Å². The SMILES string of the molecule is O=C(NCCc1ccc(F)cc1)c1ccc(CN2CCN(S(=O)(=O)c3ccccc3)CC2)cc1. The lowest BCUT2D eigenvalue weighted by Crippen LogP contribution is -2.48. The molecular formula is C26H28FN3O3S. The molecule has 0 aromatic heterocycles. The number of piperazine rings is 1. The number of nitrogens with one attached hydrogen (secondary N) is 1. The van der Waals surface area contributed by atoms with Crippen LogP contribution in [-0.4, -0.2) is 56.3 Å². The Hall–Kier alpha value is -3.07. The molecule has 0 saturated carbocycles. The summed E-state index contributed by atoms with van der Waals surface area (Å²) in [5, 5.41) is 2.89. The van der Waals surface area contributed by atoms with Gasteiger partial charge in [0.15, 0.2) is 0 Å². The van der Waals surface area contributed by atoms with Crippen LogP contribution in [0.5, 0.6) is 0 Å². The van der Waals surface area contributed by atoms with Gasteiger partial charge in [-0.1, -0.05) is 42.5 Å². The van der Waals surface area contributed by atoms with Crippen LogP contribution in [0.3, 0.4) is 0 Å². The summed E-state index contributed by atoms with van der Waals surface area (Å²) in [6.45, 7) is 3.38. The second-order valence-electron chi connectivity index (χ2n) is 8.32. The predicted octanol–water partition coefficient (Wildman–Crippen LogP) is 3.30. The number of hydrogen-bond donors (Lipinski definition) is 1. The van der Waals surface area contributed by atoms with Crippen molar-refractivity contribution in [3.05, 3.63) is 101 Å². The maximum atomic E-state index is 13.0. The minimum absolute atomic E-state index is 0.145. The van der Waals surface area contributed by atoms with Crippen molar-refractivity contribution in [1.29, 1.82) is 0 Å². The third-order valence-electron chi connectivity index (χ3n) is 5.95. The molecule has 1 aliphatic rings. The van der Waals surface area contributed by atoms with E-state index in [-0.39, 0.29) is 11.7 Å². The molecule has 1 amide bonds. The van der Waals surface area contributed by atoms with E-state index in [9.17, 15) is 17.6 Å². The second kappa shape index (κ2) is 10.9. The Kier molecular flexibility index (Phi) is 7.72. The Labute approximate surface area is 200 Å². The zero-order valence-corrected chi connectivity index (χ0v) is 19.7. The maximum Gasteiger partial charge on any atom is 0.251 e. The topological polar surface area (TPSA) is 69.7 Å². The van der Waals surface area contributed by atoms with E-state index < -0.39 is 10.0 Å². The van der Waals surface area contributed by atoms with Crippen LogP contribution in [0.1, 0.15) is 21.5 Å². The summed E-state index contributed by atoms with van der Waals surface area (Å²) < 4.78 is 40.1. The number of nitrogens with zero attached hydrogens (tertiary/aromatic N) is 2. The van der Waals surface area contributed by atoms with Crippen molar-refractivity contribution in [2.75, 3.05) is 32.7 Å². The molecule has 1 saturated heterocycles. The molecule has 0 bridgehead atoms. The fourth-order valence-electron chi connectivity index (χ4n) is 3.96. The van der Waals surface area contributed by atoms with Crippen LogP contribution in [-0.2, 0) is 23.0 Å². The zero-order chi connectivity index (χ0) is 24.0. The van der Waals surface area contributed by atoms with Crippen molar-refractivity contribution >= 4 is 15.9 Å². The predicted molar refractivity (Wildman–Crippen MR) is 129 cm³/mol. The quantitative estimate of drug-likeness (QED) is 0.536. The first-order valence-electron chi connectivity index (χ1n) is 11.3. The summed E-state index contributed by atoms with van der Waals surface area (Å²) in [7, 11) is -3.46. The molecule has 0 radical (unpaired) electrons. The molecule has 0 unspecified atom stereocenters. The van der Waals surface area contributed by atoms with Gasteiger partial charge < -0.3 is 5.32 Å². The molecule has 3 aromatic rings. The summed E-state index contributed by atoms with van der Waals surface area (Å²) in [6.07, 6.45) is 0.635. The van der Waals surface area contributed by atoms with Gasteiger partial charge in [0.1, 0.15) is 5.82 Å². The van der Waals surface area contributed by atoms with E-state index in [0.29, 0.717) is 56.1 Å². The van der Waals surface area contributed by atoms with Gasteiger partial charge >= 0.3 is 0 Å². The highest BCUT2D eigenvalue weighted by Gasteiger charge is 2.28. The molecular weight excluding hydrogens is 453 g/mol. The molecule has 0 spiro atoms. The Bertz CT molecular complexity index is 1190. The molecule has 3 aromatic carbocycles. The van der Waals surface area contributed by atoms with E-state index in [1.807, 2.05) is 12.1 Å². The molecule has 34 heavy (non-hydrogen) atoms. The second-order valence-corrected chi connectivity index (χ2v) is 10.3. The number of hydrogen-bond acceptors (Lipinski definition) is 4. The standard InChI is InChI=1S/C26H28FN3O3S/c27-24-12-8-21(9-13-24)14-15-28-26(31)23-10-6-22(7-11-23)20-29-16-18-30(19-17-29)34(32,33)25-4-2-1-3-5-25/h1-13H,14-20H2,(H,28,31). The molecule has 1 fully saturated rings. The first-order chi connectivity index (χ1) is 16.4. The van der Waals surface area contributed by atoms with Crippen molar-refractivity contribution in [2.24, 2.45) is 0 Å². The van der Waals surface area contributed by atoms with E-state index in [1.54, 1.807) is 54.6 Å². The summed E-state index contributed by atoms with van der Waals surface area (Å²) >= 11 is 0. The maximum absolute atomic E-state index is 13.0. The van der Waals surface area contributed by atoms with Gasteiger partial charge in [0.25, 0.3) is 5.91 Å². The molecule has 0 atom stereocenters. The Balaban J connectivity index is 1.24. The van der Waals surface area contributed by atoms with Gasteiger partial charge in [-0.25, -0.2) is 12.8 Å². The highest BCUT2D eigenvalue weighted by atomic mass is 32.2. The smallest absolute Gasteiger partial charge is 0.251 e. The van der Waals surface area contributed by atoms with E-state index in [2.05, 4.69) is 10.2 Å². The van der Waals surface area contributed by atoms with E-state index in [1.165, 1.54) is 16.4 Å². The summed E-state index contributed by atoms with van der Waals surface area (Å²) in [4.78, 5) is 14.9. The lowest BCUT2D eigenvalue weighted by atomic mass is 10.1.